The maximum Gasteiger partial charge on any atom is 0.368 e. The van der Waals surface area contributed by atoms with Crippen molar-refractivity contribution in [1.29, 1.82) is 0 Å². The van der Waals surface area contributed by atoms with E-state index in [2.05, 4.69) is 0 Å². The Morgan fingerprint density at radius 3 is 2.67 bits per heavy atom. The predicted octanol–water partition coefficient (Wildman–Crippen LogP) is -0.00340. The zero-order valence-electron chi connectivity index (χ0n) is 13.8. The van der Waals surface area contributed by atoms with Gasteiger partial charge >= 0.3 is 5.97 Å². The minimum atomic E-state index is -1.17. The molecule has 0 aliphatic carbocycles. The lowest BCUT2D eigenvalue weighted by Crippen LogP contribution is -2.98. The summed E-state index contributed by atoms with van der Waals surface area (Å²) in [4.78, 5) is 38.8. The van der Waals surface area contributed by atoms with E-state index in [4.69, 9.17) is 4.74 Å². The van der Waals surface area contributed by atoms with E-state index in [1.165, 1.54) is 26.3 Å². The molecule has 6 nitrogen and oxygen atoms in total. The molecule has 2 aliphatic rings. The molecule has 2 saturated heterocycles. The normalized spacial score (nSPS) is 32.2. The number of esters is 1. The number of hydrogen-bond donors (Lipinski definition) is 1. The van der Waals surface area contributed by atoms with Gasteiger partial charge < -0.3 is 10.1 Å². The van der Waals surface area contributed by atoms with E-state index in [0.717, 1.165) is 4.90 Å². The van der Waals surface area contributed by atoms with Crippen molar-refractivity contribution >= 4 is 17.8 Å². The molecular weight excluding hydrogens is 315 g/mol. The van der Waals surface area contributed by atoms with E-state index in [1.807, 2.05) is 0 Å². The predicted molar refractivity (Wildman–Crippen MR) is 80.9 cm³/mol. The van der Waals surface area contributed by atoms with Crippen molar-refractivity contribution < 1.29 is 28.8 Å². The van der Waals surface area contributed by atoms with Crippen LogP contribution in [0.1, 0.15) is 24.9 Å². The molecule has 4 atom stereocenters. The maximum atomic E-state index is 13.6. The summed E-state index contributed by atoms with van der Waals surface area (Å²) in [7, 11) is 2.69. The number of benzene rings is 1. The Bertz CT molecular complexity index is 722. The molecule has 3 rings (SSSR count). The molecule has 7 heteroatoms. The highest BCUT2D eigenvalue weighted by Crippen LogP contribution is 2.45. The standard InChI is InChI=1S/C17H19FN2O4/c1-4-17(16(23)24-3)12-11(14(21)20(2)15(12)22)13(19-17)9-6-5-7-10(18)8-9/h5-8,11-13,19H,4H2,1-3H3/p+1/t11-,12+,13-,17-/m0/s1. The van der Waals surface area contributed by atoms with E-state index in [0.29, 0.717) is 12.0 Å². The van der Waals surface area contributed by atoms with E-state index < -0.39 is 35.2 Å². The minimum absolute atomic E-state index is 0.333. The van der Waals surface area contributed by atoms with Gasteiger partial charge in [-0.3, -0.25) is 14.5 Å². The Labute approximate surface area is 139 Å². The molecule has 1 aromatic rings. The molecule has 24 heavy (non-hydrogen) atoms. The van der Waals surface area contributed by atoms with Crippen molar-refractivity contribution in [2.75, 3.05) is 14.2 Å². The second kappa shape index (κ2) is 5.66. The number of halogens is 1. The van der Waals surface area contributed by atoms with Crippen molar-refractivity contribution in [3.05, 3.63) is 35.6 Å². The summed E-state index contributed by atoms with van der Waals surface area (Å²) < 4.78 is 18.6. The van der Waals surface area contributed by atoms with Crippen LogP contribution in [0.4, 0.5) is 4.39 Å². The summed E-state index contributed by atoms with van der Waals surface area (Å²) in [5.41, 5.74) is -0.589. The van der Waals surface area contributed by atoms with Gasteiger partial charge in [0, 0.05) is 19.0 Å². The number of imide groups is 1. The van der Waals surface area contributed by atoms with Crippen LogP contribution in [0.2, 0.25) is 0 Å². The van der Waals surface area contributed by atoms with Crippen molar-refractivity contribution in [2.24, 2.45) is 11.8 Å². The number of nitrogens with zero attached hydrogens (tertiary/aromatic N) is 1. The quantitative estimate of drug-likeness (QED) is 0.623. The molecule has 2 N–H and O–H groups in total. The van der Waals surface area contributed by atoms with Crippen molar-refractivity contribution in [3.8, 4) is 0 Å². The van der Waals surface area contributed by atoms with Gasteiger partial charge in [0.2, 0.25) is 17.4 Å². The number of ether oxygens (including phenoxy) is 1. The van der Waals surface area contributed by atoms with Crippen LogP contribution in [-0.2, 0) is 19.1 Å². The fraction of sp³-hybridized carbons (Fsp3) is 0.471. The van der Waals surface area contributed by atoms with Gasteiger partial charge in [-0.15, -0.1) is 0 Å². The summed E-state index contributed by atoms with van der Waals surface area (Å²) in [6.07, 6.45) is 0.333. The van der Waals surface area contributed by atoms with E-state index >= 15 is 0 Å². The van der Waals surface area contributed by atoms with Gasteiger partial charge in [0.05, 0.1) is 7.11 Å². The number of fused-ring (bicyclic) bond motifs is 1. The largest absolute Gasteiger partial charge is 0.464 e. The molecule has 0 saturated carbocycles. The summed E-state index contributed by atoms with van der Waals surface area (Å²) in [5, 5.41) is 1.71. The summed E-state index contributed by atoms with van der Waals surface area (Å²) in [5.74, 6) is -3.18. The Morgan fingerprint density at radius 1 is 1.38 bits per heavy atom. The van der Waals surface area contributed by atoms with Crippen LogP contribution in [0, 0.1) is 17.7 Å². The zero-order chi connectivity index (χ0) is 17.6. The summed E-state index contributed by atoms with van der Waals surface area (Å²) >= 11 is 0. The summed E-state index contributed by atoms with van der Waals surface area (Å²) in [6.45, 7) is 1.79. The van der Waals surface area contributed by atoms with E-state index in [-0.39, 0.29) is 11.8 Å². The molecule has 2 heterocycles. The molecule has 0 bridgehead atoms. The molecule has 0 radical (unpaired) electrons. The van der Waals surface area contributed by atoms with E-state index in [9.17, 15) is 18.8 Å². The first kappa shape index (κ1) is 16.6. The van der Waals surface area contributed by atoms with Crippen LogP contribution in [0.25, 0.3) is 0 Å². The highest BCUT2D eigenvalue weighted by Gasteiger charge is 2.71. The van der Waals surface area contributed by atoms with Crippen LogP contribution in [0.5, 0.6) is 0 Å². The number of rotatable bonds is 3. The van der Waals surface area contributed by atoms with E-state index in [1.54, 1.807) is 24.4 Å². The fourth-order valence-corrected chi connectivity index (χ4v) is 4.15. The number of hydrogen-bond acceptors (Lipinski definition) is 4. The fourth-order valence-electron chi connectivity index (χ4n) is 4.15. The van der Waals surface area contributed by atoms with Crippen LogP contribution >= 0.6 is 0 Å². The van der Waals surface area contributed by atoms with Gasteiger partial charge in [-0.05, 0) is 12.1 Å². The molecule has 0 spiro atoms. The Balaban J connectivity index is 2.14. The lowest BCUT2D eigenvalue weighted by Gasteiger charge is -2.27. The van der Waals surface area contributed by atoms with Gasteiger partial charge in [-0.2, -0.15) is 0 Å². The maximum absolute atomic E-state index is 13.6. The van der Waals surface area contributed by atoms with Gasteiger partial charge in [0.1, 0.15) is 23.7 Å². The number of carbonyl (C=O) groups is 3. The number of quaternary nitrogens is 1. The van der Waals surface area contributed by atoms with Crippen LogP contribution < -0.4 is 5.32 Å². The zero-order valence-corrected chi connectivity index (χ0v) is 13.8. The second-order valence-corrected chi connectivity index (χ2v) is 6.37. The first-order chi connectivity index (χ1) is 11.4. The molecule has 2 fully saturated rings. The smallest absolute Gasteiger partial charge is 0.368 e. The molecule has 0 unspecified atom stereocenters. The van der Waals surface area contributed by atoms with Crippen LogP contribution in [0.15, 0.2) is 24.3 Å². The highest BCUT2D eigenvalue weighted by atomic mass is 19.1. The summed E-state index contributed by atoms with van der Waals surface area (Å²) in [6, 6.07) is 5.42. The number of amides is 2. The third kappa shape index (κ3) is 2.07. The van der Waals surface area contributed by atoms with Gasteiger partial charge in [-0.25, -0.2) is 9.18 Å². The molecular formula is C17H20FN2O4+. The third-order valence-electron chi connectivity index (χ3n) is 5.37. The second-order valence-electron chi connectivity index (χ2n) is 6.37. The Hall–Kier alpha value is -2.28. The Kier molecular flexibility index (Phi) is 3.91. The number of methoxy groups -OCH3 is 1. The first-order valence-corrected chi connectivity index (χ1v) is 7.88. The monoisotopic (exact) mass is 335 g/mol. The molecule has 1 aromatic carbocycles. The minimum Gasteiger partial charge on any atom is -0.464 e. The third-order valence-corrected chi connectivity index (χ3v) is 5.37. The SMILES string of the molecule is CC[C@]1(C(=O)OC)[NH2+][C@@H](c2cccc(F)c2)[C@H]2C(=O)N(C)C(=O)[C@@H]21. The molecule has 128 valence electrons. The number of likely N-dealkylation sites (tertiary alicyclic amines) is 1. The van der Waals surface area contributed by atoms with Gasteiger partial charge in [0.15, 0.2) is 0 Å². The average molecular weight is 335 g/mol. The molecule has 0 aromatic heterocycles. The van der Waals surface area contributed by atoms with Crippen LogP contribution in [0.3, 0.4) is 0 Å². The molecule has 2 aliphatic heterocycles. The topological polar surface area (TPSA) is 80.3 Å². The number of carbonyl (C=O) groups excluding carboxylic acids is 3. The lowest BCUT2D eigenvalue weighted by atomic mass is 9.78. The van der Waals surface area contributed by atoms with Crippen molar-refractivity contribution in [2.45, 2.75) is 24.9 Å². The highest BCUT2D eigenvalue weighted by molar-refractivity contribution is 6.08. The van der Waals surface area contributed by atoms with Crippen molar-refractivity contribution in [3.63, 3.8) is 0 Å². The molecule has 2 amide bonds. The van der Waals surface area contributed by atoms with Crippen LogP contribution in [-0.4, -0.2) is 42.4 Å². The average Bonchev–Trinajstić information content (AvgIpc) is 3.05. The Morgan fingerprint density at radius 2 is 2.08 bits per heavy atom. The van der Waals surface area contributed by atoms with Crippen molar-refractivity contribution in [1.82, 2.24) is 4.90 Å². The number of nitrogens with two attached hydrogens (primary N) is 1. The van der Waals surface area contributed by atoms with Gasteiger partial charge in [-0.1, -0.05) is 19.1 Å². The first-order valence-electron chi connectivity index (χ1n) is 7.88. The van der Waals surface area contributed by atoms with Gasteiger partial charge in [0.25, 0.3) is 0 Å². The lowest BCUT2D eigenvalue weighted by molar-refractivity contribution is -0.734.